The average Bonchev–Trinajstić information content (AvgIpc) is 2.52. The molecule has 0 amide bonds. The predicted octanol–water partition coefficient (Wildman–Crippen LogP) is 3.89. The number of rotatable bonds is 7. The third kappa shape index (κ3) is 4.04. The molecule has 0 heterocycles. The highest BCUT2D eigenvalue weighted by molar-refractivity contribution is 5.95. The Morgan fingerprint density at radius 2 is 1.71 bits per heavy atom. The Hall–Kier alpha value is -2.39. The van der Waals surface area contributed by atoms with Gasteiger partial charge in [0.1, 0.15) is 6.61 Å². The van der Waals surface area contributed by atoms with Crippen molar-refractivity contribution in [2.75, 3.05) is 13.2 Å². The second-order valence-electron chi connectivity index (χ2n) is 4.59. The molecule has 21 heavy (non-hydrogen) atoms. The fraction of sp³-hybridized carbons (Fsp3) is 0.167. The quantitative estimate of drug-likeness (QED) is 0.439. The SMILES string of the molecule is C=CCOCc1ccc2cc(C(=O)OCC=C)ccc2c1. The van der Waals surface area contributed by atoms with Crippen LogP contribution in [0.25, 0.3) is 10.8 Å². The molecule has 2 aromatic rings. The van der Waals surface area contributed by atoms with Crippen LogP contribution in [0.2, 0.25) is 0 Å². The van der Waals surface area contributed by atoms with Crippen LogP contribution in [0.5, 0.6) is 0 Å². The lowest BCUT2D eigenvalue weighted by Gasteiger charge is -2.06. The van der Waals surface area contributed by atoms with E-state index in [0.717, 1.165) is 16.3 Å². The molecule has 0 spiro atoms. The lowest BCUT2D eigenvalue weighted by molar-refractivity contribution is 0.0550. The molecule has 0 aliphatic rings. The van der Waals surface area contributed by atoms with E-state index in [0.29, 0.717) is 18.8 Å². The molecular weight excluding hydrogens is 264 g/mol. The Bertz CT molecular complexity index is 659. The Morgan fingerprint density at radius 1 is 1.00 bits per heavy atom. The summed E-state index contributed by atoms with van der Waals surface area (Å²) in [6.07, 6.45) is 3.27. The van der Waals surface area contributed by atoms with E-state index < -0.39 is 0 Å². The van der Waals surface area contributed by atoms with Crippen LogP contribution in [-0.2, 0) is 16.1 Å². The second-order valence-corrected chi connectivity index (χ2v) is 4.59. The molecule has 108 valence electrons. The highest BCUT2D eigenvalue weighted by Gasteiger charge is 2.07. The summed E-state index contributed by atoms with van der Waals surface area (Å²) in [5.74, 6) is -0.338. The van der Waals surface area contributed by atoms with Gasteiger partial charge < -0.3 is 9.47 Å². The summed E-state index contributed by atoms with van der Waals surface area (Å²) in [7, 11) is 0. The molecular formula is C18H18O3. The molecule has 0 aliphatic heterocycles. The normalized spacial score (nSPS) is 10.3. The first kappa shape index (κ1) is 15.0. The van der Waals surface area contributed by atoms with Crippen LogP contribution in [0.4, 0.5) is 0 Å². The second kappa shape index (κ2) is 7.41. The van der Waals surface area contributed by atoms with Gasteiger partial charge in [-0.15, -0.1) is 6.58 Å². The summed E-state index contributed by atoms with van der Waals surface area (Å²) in [5.41, 5.74) is 1.63. The van der Waals surface area contributed by atoms with Gasteiger partial charge in [-0.3, -0.25) is 0 Å². The first-order valence-electron chi connectivity index (χ1n) is 6.74. The number of hydrogen-bond donors (Lipinski definition) is 0. The van der Waals surface area contributed by atoms with Gasteiger partial charge in [0.2, 0.25) is 0 Å². The van der Waals surface area contributed by atoms with Crippen molar-refractivity contribution < 1.29 is 14.3 Å². The lowest BCUT2D eigenvalue weighted by Crippen LogP contribution is -2.04. The van der Waals surface area contributed by atoms with Gasteiger partial charge >= 0.3 is 5.97 Å². The summed E-state index contributed by atoms with van der Waals surface area (Å²) in [6.45, 7) is 8.43. The van der Waals surface area contributed by atoms with Crippen LogP contribution < -0.4 is 0 Å². The van der Waals surface area contributed by atoms with Crippen LogP contribution in [0.15, 0.2) is 61.7 Å². The number of ether oxygens (including phenoxy) is 2. The number of carbonyl (C=O) groups is 1. The van der Waals surface area contributed by atoms with Crippen LogP contribution in [-0.4, -0.2) is 19.2 Å². The first-order valence-corrected chi connectivity index (χ1v) is 6.74. The lowest BCUT2D eigenvalue weighted by atomic mass is 10.0. The van der Waals surface area contributed by atoms with Gasteiger partial charge in [-0.05, 0) is 34.5 Å². The van der Waals surface area contributed by atoms with Crippen molar-refractivity contribution in [3.63, 3.8) is 0 Å². The van der Waals surface area contributed by atoms with Crippen molar-refractivity contribution >= 4 is 16.7 Å². The Morgan fingerprint density at radius 3 is 2.48 bits per heavy atom. The molecule has 3 nitrogen and oxygen atoms in total. The monoisotopic (exact) mass is 282 g/mol. The molecule has 0 aliphatic carbocycles. The van der Waals surface area contributed by atoms with Crippen LogP contribution in [0.3, 0.4) is 0 Å². The number of benzene rings is 2. The highest BCUT2D eigenvalue weighted by Crippen LogP contribution is 2.19. The standard InChI is InChI=1S/C18H18O3/c1-3-9-20-13-14-5-6-16-12-17(8-7-15(16)11-14)18(19)21-10-4-2/h3-8,11-12H,1-2,9-10,13H2. The molecule has 0 saturated carbocycles. The van der Waals surface area contributed by atoms with E-state index in [1.807, 2.05) is 24.3 Å². The summed E-state index contributed by atoms with van der Waals surface area (Å²) < 4.78 is 10.5. The smallest absolute Gasteiger partial charge is 0.338 e. The molecule has 3 heteroatoms. The fourth-order valence-corrected chi connectivity index (χ4v) is 1.99. The van der Waals surface area contributed by atoms with Gasteiger partial charge in [-0.2, -0.15) is 0 Å². The molecule has 2 aromatic carbocycles. The van der Waals surface area contributed by atoms with E-state index in [1.54, 1.807) is 18.2 Å². The predicted molar refractivity (Wildman–Crippen MR) is 84.3 cm³/mol. The molecule has 0 atom stereocenters. The minimum Gasteiger partial charge on any atom is -0.458 e. The summed E-state index contributed by atoms with van der Waals surface area (Å²) in [5, 5.41) is 2.06. The van der Waals surface area contributed by atoms with Gasteiger partial charge in [-0.1, -0.05) is 36.9 Å². The third-order valence-corrected chi connectivity index (χ3v) is 2.98. The summed E-state index contributed by atoms with van der Waals surface area (Å²) in [4.78, 5) is 11.8. The van der Waals surface area contributed by atoms with E-state index in [9.17, 15) is 4.79 Å². The molecule has 0 N–H and O–H groups in total. The maximum atomic E-state index is 11.8. The number of carbonyl (C=O) groups excluding carboxylic acids is 1. The molecule has 2 rings (SSSR count). The maximum absolute atomic E-state index is 11.8. The van der Waals surface area contributed by atoms with Gasteiger partial charge in [0.25, 0.3) is 0 Å². The van der Waals surface area contributed by atoms with Crippen molar-refractivity contribution in [1.29, 1.82) is 0 Å². The molecule has 0 bridgehead atoms. The zero-order chi connectivity index (χ0) is 15.1. The van der Waals surface area contributed by atoms with Crippen molar-refractivity contribution in [2.45, 2.75) is 6.61 Å². The first-order chi connectivity index (χ1) is 10.2. The Labute approximate surface area is 124 Å². The van der Waals surface area contributed by atoms with Crippen molar-refractivity contribution in [3.8, 4) is 0 Å². The zero-order valence-corrected chi connectivity index (χ0v) is 11.9. The van der Waals surface area contributed by atoms with E-state index in [-0.39, 0.29) is 12.6 Å². The minimum absolute atomic E-state index is 0.219. The van der Waals surface area contributed by atoms with Crippen molar-refractivity contribution in [1.82, 2.24) is 0 Å². The Kier molecular flexibility index (Phi) is 5.29. The highest BCUT2D eigenvalue weighted by atomic mass is 16.5. The summed E-state index contributed by atoms with van der Waals surface area (Å²) >= 11 is 0. The maximum Gasteiger partial charge on any atom is 0.338 e. The number of esters is 1. The molecule has 0 unspecified atom stereocenters. The van der Waals surface area contributed by atoms with Gasteiger partial charge in [0, 0.05) is 0 Å². The van der Waals surface area contributed by atoms with E-state index >= 15 is 0 Å². The van der Waals surface area contributed by atoms with Gasteiger partial charge in [0.05, 0.1) is 18.8 Å². The van der Waals surface area contributed by atoms with E-state index in [4.69, 9.17) is 9.47 Å². The third-order valence-electron chi connectivity index (χ3n) is 2.98. The zero-order valence-electron chi connectivity index (χ0n) is 11.9. The van der Waals surface area contributed by atoms with Crippen molar-refractivity contribution in [3.05, 3.63) is 72.8 Å². The van der Waals surface area contributed by atoms with E-state index in [1.165, 1.54) is 0 Å². The molecule has 0 fully saturated rings. The minimum atomic E-state index is -0.338. The van der Waals surface area contributed by atoms with Crippen LogP contribution in [0.1, 0.15) is 15.9 Å². The number of fused-ring (bicyclic) bond motifs is 1. The average molecular weight is 282 g/mol. The molecule has 0 radical (unpaired) electrons. The fourth-order valence-electron chi connectivity index (χ4n) is 1.99. The Balaban J connectivity index is 2.17. The molecule has 0 aromatic heterocycles. The largest absolute Gasteiger partial charge is 0.458 e. The topological polar surface area (TPSA) is 35.5 Å². The summed E-state index contributed by atoms with van der Waals surface area (Å²) in [6, 6.07) is 11.5. The van der Waals surface area contributed by atoms with Crippen LogP contribution in [0, 0.1) is 0 Å². The molecule has 0 saturated heterocycles. The van der Waals surface area contributed by atoms with Crippen molar-refractivity contribution in [2.24, 2.45) is 0 Å². The van der Waals surface area contributed by atoms with Gasteiger partial charge in [-0.25, -0.2) is 4.79 Å². The van der Waals surface area contributed by atoms with Gasteiger partial charge in [0.15, 0.2) is 0 Å². The number of hydrogen-bond acceptors (Lipinski definition) is 3. The van der Waals surface area contributed by atoms with Crippen LogP contribution >= 0.6 is 0 Å². The van der Waals surface area contributed by atoms with E-state index in [2.05, 4.69) is 19.2 Å².